The Balaban J connectivity index is 2.09. The van der Waals surface area contributed by atoms with E-state index in [0.717, 1.165) is 19.3 Å². The van der Waals surface area contributed by atoms with Crippen LogP contribution in [-0.4, -0.2) is 23.5 Å². The Morgan fingerprint density at radius 3 is 2.89 bits per heavy atom. The number of benzene rings is 1. The molecule has 0 spiro atoms. The lowest BCUT2D eigenvalue weighted by molar-refractivity contribution is 0.0925. The third-order valence-corrected chi connectivity index (χ3v) is 4.96. The van der Waals surface area contributed by atoms with Crippen LogP contribution in [-0.2, 0) is 0 Å². The van der Waals surface area contributed by atoms with Gasteiger partial charge in [0, 0.05) is 16.2 Å². The van der Waals surface area contributed by atoms with E-state index in [4.69, 9.17) is 0 Å². The number of thiol groups is 1. The van der Waals surface area contributed by atoms with Crippen molar-refractivity contribution in [1.82, 2.24) is 5.32 Å². The molecule has 5 heteroatoms. The molecule has 0 heterocycles. The lowest BCUT2D eigenvalue weighted by atomic mass is 9.94. The van der Waals surface area contributed by atoms with Crippen LogP contribution in [0.25, 0.3) is 0 Å². The number of thioether (sulfide) groups is 1. The number of halogens is 1. The zero-order valence-electron chi connectivity index (χ0n) is 10.9. The van der Waals surface area contributed by atoms with Crippen molar-refractivity contribution in [1.29, 1.82) is 0 Å². The van der Waals surface area contributed by atoms with Gasteiger partial charge < -0.3 is 5.32 Å². The number of nitrogens with one attached hydrogen (secondary N) is 1. The molecule has 0 bridgehead atoms. The number of hydrogen-bond acceptors (Lipinski definition) is 3. The number of amides is 1. The molecule has 2 rings (SSSR count). The SMILES string of the molecule is CSC1CCCCC1NC(=O)c1cc(S)ccc1F. The second-order valence-electron chi connectivity index (χ2n) is 4.80. The molecule has 2 atom stereocenters. The van der Waals surface area contributed by atoms with Gasteiger partial charge in [0.25, 0.3) is 5.91 Å². The van der Waals surface area contributed by atoms with Gasteiger partial charge in [-0.3, -0.25) is 4.79 Å². The minimum atomic E-state index is -0.494. The van der Waals surface area contributed by atoms with Gasteiger partial charge in [-0.15, -0.1) is 12.6 Å². The number of rotatable bonds is 3. The molecular weight excluding hydrogens is 281 g/mol. The van der Waals surface area contributed by atoms with E-state index in [0.29, 0.717) is 10.1 Å². The van der Waals surface area contributed by atoms with Crippen molar-refractivity contribution < 1.29 is 9.18 Å². The molecule has 1 aliphatic carbocycles. The van der Waals surface area contributed by atoms with E-state index in [1.165, 1.54) is 18.6 Å². The normalized spacial score (nSPS) is 23.1. The lowest BCUT2D eigenvalue weighted by Gasteiger charge is -2.31. The first-order chi connectivity index (χ1) is 9.11. The molecule has 1 saturated carbocycles. The Bertz CT molecular complexity index is 467. The van der Waals surface area contributed by atoms with Crippen LogP contribution in [0.1, 0.15) is 36.0 Å². The third kappa shape index (κ3) is 3.66. The first-order valence-corrected chi connectivity index (χ1v) is 8.17. The summed E-state index contributed by atoms with van der Waals surface area (Å²) in [4.78, 5) is 12.7. The van der Waals surface area contributed by atoms with E-state index in [-0.39, 0.29) is 17.5 Å². The maximum atomic E-state index is 13.7. The van der Waals surface area contributed by atoms with Crippen LogP contribution in [0, 0.1) is 5.82 Å². The van der Waals surface area contributed by atoms with Crippen LogP contribution in [0.2, 0.25) is 0 Å². The van der Waals surface area contributed by atoms with Crippen molar-refractivity contribution in [3.8, 4) is 0 Å². The summed E-state index contributed by atoms with van der Waals surface area (Å²) in [7, 11) is 0. The minimum Gasteiger partial charge on any atom is -0.348 e. The summed E-state index contributed by atoms with van der Waals surface area (Å²) in [6.45, 7) is 0. The fourth-order valence-corrected chi connectivity index (χ4v) is 3.62. The molecule has 0 saturated heterocycles. The fourth-order valence-electron chi connectivity index (χ4n) is 2.48. The molecule has 104 valence electrons. The first-order valence-electron chi connectivity index (χ1n) is 6.44. The quantitative estimate of drug-likeness (QED) is 0.836. The molecule has 0 radical (unpaired) electrons. The molecule has 1 aliphatic rings. The predicted octanol–water partition coefficient (Wildman–Crippen LogP) is 3.52. The van der Waals surface area contributed by atoms with Crippen LogP contribution in [0.15, 0.2) is 23.1 Å². The molecule has 1 N–H and O–H groups in total. The van der Waals surface area contributed by atoms with Gasteiger partial charge in [-0.2, -0.15) is 11.8 Å². The van der Waals surface area contributed by atoms with E-state index < -0.39 is 5.82 Å². The average molecular weight is 299 g/mol. The maximum Gasteiger partial charge on any atom is 0.254 e. The highest BCUT2D eigenvalue weighted by atomic mass is 32.2. The highest BCUT2D eigenvalue weighted by Gasteiger charge is 2.26. The summed E-state index contributed by atoms with van der Waals surface area (Å²) in [5, 5.41) is 3.40. The number of carbonyl (C=O) groups is 1. The highest BCUT2D eigenvalue weighted by molar-refractivity contribution is 7.99. The van der Waals surface area contributed by atoms with E-state index in [1.807, 2.05) is 0 Å². The molecule has 1 amide bonds. The second kappa shape index (κ2) is 6.66. The maximum absolute atomic E-state index is 13.7. The van der Waals surface area contributed by atoms with Crippen molar-refractivity contribution in [2.45, 2.75) is 41.9 Å². The second-order valence-corrected chi connectivity index (χ2v) is 6.40. The Labute approximate surface area is 123 Å². The Morgan fingerprint density at radius 2 is 2.16 bits per heavy atom. The molecule has 2 unspecified atom stereocenters. The summed E-state index contributed by atoms with van der Waals surface area (Å²) >= 11 is 5.92. The molecule has 1 aromatic rings. The van der Waals surface area contributed by atoms with Gasteiger partial charge in [0.1, 0.15) is 5.82 Å². The van der Waals surface area contributed by atoms with Crippen LogP contribution in [0.5, 0.6) is 0 Å². The largest absolute Gasteiger partial charge is 0.348 e. The Hall–Kier alpha value is -0.680. The highest BCUT2D eigenvalue weighted by Crippen LogP contribution is 2.27. The van der Waals surface area contributed by atoms with Gasteiger partial charge in [0.05, 0.1) is 5.56 Å². The smallest absolute Gasteiger partial charge is 0.254 e. The van der Waals surface area contributed by atoms with Crippen molar-refractivity contribution in [3.05, 3.63) is 29.6 Å². The summed E-state index contributed by atoms with van der Waals surface area (Å²) in [5.74, 6) is -0.828. The molecule has 19 heavy (non-hydrogen) atoms. The van der Waals surface area contributed by atoms with Gasteiger partial charge in [-0.25, -0.2) is 4.39 Å². The minimum absolute atomic E-state index is 0.0814. The van der Waals surface area contributed by atoms with Crippen molar-refractivity contribution in [2.24, 2.45) is 0 Å². The zero-order valence-corrected chi connectivity index (χ0v) is 12.6. The van der Waals surface area contributed by atoms with Crippen LogP contribution >= 0.6 is 24.4 Å². The van der Waals surface area contributed by atoms with Crippen LogP contribution < -0.4 is 5.32 Å². The summed E-state index contributed by atoms with van der Waals surface area (Å²) in [6, 6.07) is 4.44. The van der Waals surface area contributed by atoms with E-state index in [2.05, 4.69) is 24.2 Å². The number of carbonyl (C=O) groups excluding carboxylic acids is 1. The van der Waals surface area contributed by atoms with E-state index in [9.17, 15) is 9.18 Å². The van der Waals surface area contributed by atoms with Gasteiger partial charge >= 0.3 is 0 Å². The lowest BCUT2D eigenvalue weighted by Crippen LogP contribution is -2.43. The zero-order chi connectivity index (χ0) is 13.8. The predicted molar refractivity (Wildman–Crippen MR) is 80.7 cm³/mol. The summed E-state index contributed by atoms with van der Waals surface area (Å²) in [5.41, 5.74) is 0.0814. The fraction of sp³-hybridized carbons (Fsp3) is 0.500. The van der Waals surface area contributed by atoms with E-state index >= 15 is 0 Å². The van der Waals surface area contributed by atoms with Gasteiger partial charge in [0.2, 0.25) is 0 Å². The van der Waals surface area contributed by atoms with Crippen LogP contribution in [0.3, 0.4) is 0 Å². The van der Waals surface area contributed by atoms with Gasteiger partial charge in [0.15, 0.2) is 0 Å². The number of hydrogen-bond donors (Lipinski definition) is 2. The standard InChI is InChI=1S/C14H18FNOS2/c1-19-13-5-3-2-4-12(13)16-14(17)10-8-9(18)6-7-11(10)15/h6-8,12-13,18H,2-5H2,1H3,(H,16,17). The third-order valence-electron chi connectivity index (χ3n) is 3.52. The molecular formula is C14H18FNOS2. The van der Waals surface area contributed by atoms with Gasteiger partial charge in [-0.05, 0) is 37.3 Å². The Morgan fingerprint density at radius 1 is 1.42 bits per heavy atom. The molecule has 2 nitrogen and oxygen atoms in total. The van der Waals surface area contributed by atoms with E-state index in [1.54, 1.807) is 17.8 Å². The van der Waals surface area contributed by atoms with Crippen LogP contribution in [0.4, 0.5) is 4.39 Å². The molecule has 0 aromatic heterocycles. The molecule has 1 fully saturated rings. The summed E-state index contributed by atoms with van der Waals surface area (Å²) < 4.78 is 13.7. The topological polar surface area (TPSA) is 29.1 Å². The van der Waals surface area contributed by atoms with Crippen molar-refractivity contribution in [3.63, 3.8) is 0 Å². The monoisotopic (exact) mass is 299 g/mol. The molecule has 0 aliphatic heterocycles. The van der Waals surface area contributed by atoms with Crippen molar-refractivity contribution in [2.75, 3.05) is 6.26 Å². The first kappa shape index (κ1) is 14.7. The average Bonchev–Trinajstić information content (AvgIpc) is 2.42. The summed E-state index contributed by atoms with van der Waals surface area (Å²) in [6.07, 6.45) is 6.47. The molecule has 1 aromatic carbocycles. The Kier molecular flexibility index (Phi) is 5.16. The van der Waals surface area contributed by atoms with Gasteiger partial charge in [-0.1, -0.05) is 12.8 Å². The van der Waals surface area contributed by atoms with Crippen molar-refractivity contribution >= 4 is 30.3 Å².